The highest BCUT2D eigenvalue weighted by Crippen LogP contribution is 2.43. The molecule has 1 aliphatic heterocycles. The topological polar surface area (TPSA) is 118 Å². The number of hydrogen-bond donors (Lipinski definition) is 3. The second-order valence-electron chi connectivity index (χ2n) is 12.7. The van der Waals surface area contributed by atoms with Gasteiger partial charge in [0, 0.05) is 31.6 Å². The number of carbonyl (C=O) groups is 2. The highest BCUT2D eigenvalue weighted by atomic mass is 16.6. The number of esters is 1. The Balaban J connectivity index is 1.50. The summed E-state index contributed by atoms with van der Waals surface area (Å²) >= 11 is 0. The zero-order valence-electron chi connectivity index (χ0n) is 27.6. The SMILES string of the molecule is CC(C)(C)OC(=O)CC[C@]1(C(=O)NNCc2ccccc2)N=C(c2ccc(OCCCO)cc2)O[C@H]1c1ccc(-c2ccccc2)cc1. The first-order valence-electron chi connectivity index (χ1n) is 16.2. The van der Waals surface area contributed by atoms with Crippen LogP contribution in [-0.4, -0.2) is 47.2 Å². The van der Waals surface area contributed by atoms with Crippen molar-refractivity contribution < 1.29 is 28.9 Å². The van der Waals surface area contributed by atoms with Crippen LogP contribution in [0.25, 0.3) is 11.1 Å². The summed E-state index contributed by atoms with van der Waals surface area (Å²) in [6.07, 6.45) is -0.341. The van der Waals surface area contributed by atoms with Gasteiger partial charge in [-0.2, -0.15) is 0 Å². The van der Waals surface area contributed by atoms with Gasteiger partial charge in [-0.3, -0.25) is 15.0 Å². The minimum absolute atomic E-state index is 0.0394. The lowest BCUT2D eigenvalue weighted by atomic mass is 9.83. The van der Waals surface area contributed by atoms with Gasteiger partial charge in [0.2, 0.25) is 5.90 Å². The van der Waals surface area contributed by atoms with Crippen molar-refractivity contribution in [3.63, 3.8) is 0 Å². The van der Waals surface area contributed by atoms with Crippen LogP contribution >= 0.6 is 0 Å². The van der Waals surface area contributed by atoms with Gasteiger partial charge in [0.05, 0.1) is 6.61 Å². The number of rotatable bonds is 14. The number of nitrogens with zero attached hydrogens (tertiary/aromatic N) is 1. The van der Waals surface area contributed by atoms with E-state index in [1.165, 1.54) is 0 Å². The van der Waals surface area contributed by atoms with Crippen LogP contribution in [0.2, 0.25) is 0 Å². The van der Waals surface area contributed by atoms with Crippen LogP contribution in [0.3, 0.4) is 0 Å². The Bertz CT molecular complexity index is 1670. The fourth-order valence-electron chi connectivity index (χ4n) is 5.47. The maximum atomic E-state index is 14.4. The summed E-state index contributed by atoms with van der Waals surface area (Å²) in [5, 5.41) is 9.08. The fourth-order valence-corrected chi connectivity index (χ4v) is 5.47. The molecule has 1 heterocycles. The van der Waals surface area contributed by atoms with Gasteiger partial charge in [-0.05, 0) is 73.7 Å². The van der Waals surface area contributed by atoms with Crippen LogP contribution in [-0.2, 0) is 25.6 Å². The molecular formula is C39H43N3O6. The van der Waals surface area contributed by atoms with Crippen molar-refractivity contribution in [3.8, 4) is 16.9 Å². The van der Waals surface area contributed by atoms with E-state index in [-0.39, 0.29) is 25.3 Å². The fraction of sp³-hybridized carbons (Fsp3) is 0.308. The number of hydrazine groups is 1. The second-order valence-corrected chi connectivity index (χ2v) is 12.7. The number of benzene rings is 4. The minimum Gasteiger partial charge on any atom is -0.494 e. The summed E-state index contributed by atoms with van der Waals surface area (Å²) < 4.78 is 17.9. The minimum atomic E-state index is -1.51. The Morgan fingerprint density at radius 3 is 2.12 bits per heavy atom. The van der Waals surface area contributed by atoms with Crippen LogP contribution in [0.1, 0.15) is 62.8 Å². The molecule has 0 aliphatic carbocycles. The first-order chi connectivity index (χ1) is 23.2. The molecule has 1 amide bonds. The van der Waals surface area contributed by atoms with Crippen molar-refractivity contribution in [1.82, 2.24) is 10.9 Å². The number of nitrogens with one attached hydrogen (secondary N) is 2. The van der Waals surface area contributed by atoms with E-state index in [4.69, 9.17) is 24.3 Å². The molecule has 9 heteroatoms. The van der Waals surface area contributed by atoms with Gasteiger partial charge in [0.1, 0.15) is 11.4 Å². The van der Waals surface area contributed by atoms with Crippen molar-refractivity contribution in [3.05, 3.63) is 126 Å². The lowest BCUT2D eigenvalue weighted by molar-refractivity contribution is -0.155. The molecule has 0 bridgehead atoms. The molecule has 4 aromatic rings. The molecule has 0 saturated heterocycles. The number of ether oxygens (including phenoxy) is 3. The van der Waals surface area contributed by atoms with Crippen molar-refractivity contribution >= 4 is 17.8 Å². The molecular weight excluding hydrogens is 606 g/mol. The monoisotopic (exact) mass is 649 g/mol. The number of carbonyl (C=O) groups excluding carboxylic acids is 2. The van der Waals surface area contributed by atoms with E-state index in [9.17, 15) is 9.59 Å². The van der Waals surface area contributed by atoms with Crippen LogP contribution in [0.15, 0.2) is 114 Å². The third-order valence-electron chi connectivity index (χ3n) is 7.82. The molecule has 250 valence electrons. The molecule has 9 nitrogen and oxygen atoms in total. The van der Waals surface area contributed by atoms with E-state index in [1.807, 2.05) is 118 Å². The molecule has 0 unspecified atom stereocenters. The van der Waals surface area contributed by atoms with Crippen LogP contribution < -0.4 is 15.6 Å². The first-order valence-corrected chi connectivity index (χ1v) is 16.2. The predicted molar refractivity (Wildman–Crippen MR) is 185 cm³/mol. The highest BCUT2D eigenvalue weighted by molar-refractivity contribution is 6.01. The maximum absolute atomic E-state index is 14.4. The summed E-state index contributed by atoms with van der Waals surface area (Å²) in [6.45, 7) is 6.25. The summed E-state index contributed by atoms with van der Waals surface area (Å²) in [7, 11) is 0. The molecule has 48 heavy (non-hydrogen) atoms. The quantitative estimate of drug-likeness (QED) is 0.0832. The van der Waals surface area contributed by atoms with Crippen LogP contribution in [0.5, 0.6) is 5.75 Å². The van der Waals surface area contributed by atoms with Crippen molar-refractivity contribution in [2.75, 3.05) is 13.2 Å². The molecule has 3 N–H and O–H groups in total. The summed E-state index contributed by atoms with van der Waals surface area (Å²) in [5.74, 6) is 0.0468. The Labute approximate surface area is 281 Å². The zero-order chi connectivity index (χ0) is 34.0. The van der Waals surface area contributed by atoms with Gasteiger partial charge in [-0.25, -0.2) is 10.4 Å². The van der Waals surface area contributed by atoms with E-state index >= 15 is 0 Å². The van der Waals surface area contributed by atoms with Gasteiger partial charge < -0.3 is 19.3 Å². The lowest BCUT2D eigenvalue weighted by Crippen LogP contribution is -2.52. The standard InChI is InChI=1S/C39H43N3O6/c1-38(2,3)48-34(44)23-24-39(37(45)42-40-27-28-11-6-4-7-12-28)35(31-17-15-30(16-18-31)29-13-8-5-9-14-29)47-36(41-39)32-19-21-33(22-20-32)46-26-10-25-43/h4-9,11-22,35,40,43H,10,23-27H2,1-3H3,(H,42,45)/t35-,39-/m0/s1. The van der Waals surface area contributed by atoms with Gasteiger partial charge in [0.25, 0.3) is 5.91 Å². The van der Waals surface area contributed by atoms with Gasteiger partial charge in [-0.15, -0.1) is 0 Å². The van der Waals surface area contributed by atoms with E-state index in [0.29, 0.717) is 30.9 Å². The average Bonchev–Trinajstić information content (AvgIpc) is 3.49. The lowest BCUT2D eigenvalue weighted by Gasteiger charge is -2.31. The highest BCUT2D eigenvalue weighted by Gasteiger charge is 2.53. The smallest absolute Gasteiger partial charge is 0.306 e. The zero-order valence-corrected chi connectivity index (χ0v) is 27.6. The number of hydrogen-bond acceptors (Lipinski definition) is 8. The molecule has 0 radical (unpaired) electrons. The van der Waals surface area contributed by atoms with E-state index in [1.54, 1.807) is 12.1 Å². The predicted octanol–water partition coefficient (Wildman–Crippen LogP) is 6.31. The molecule has 1 aliphatic rings. The normalized spacial score (nSPS) is 17.2. The number of aliphatic imine (C=N–C) groups is 1. The van der Waals surface area contributed by atoms with Gasteiger partial charge >= 0.3 is 5.97 Å². The molecule has 0 fully saturated rings. The Hall–Kier alpha value is -4.99. The third-order valence-corrected chi connectivity index (χ3v) is 7.82. The molecule has 4 aromatic carbocycles. The second kappa shape index (κ2) is 15.7. The van der Waals surface area contributed by atoms with Crippen molar-refractivity contribution in [2.45, 2.75) is 63.8 Å². The summed E-state index contributed by atoms with van der Waals surface area (Å²) in [6, 6.07) is 34.8. The maximum Gasteiger partial charge on any atom is 0.306 e. The van der Waals surface area contributed by atoms with Crippen LogP contribution in [0.4, 0.5) is 0 Å². The Morgan fingerprint density at radius 1 is 0.854 bits per heavy atom. The van der Waals surface area contributed by atoms with E-state index < -0.39 is 29.1 Å². The molecule has 5 rings (SSSR count). The molecule has 0 aromatic heterocycles. The van der Waals surface area contributed by atoms with E-state index in [0.717, 1.165) is 22.3 Å². The average molecular weight is 650 g/mol. The van der Waals surface area contributed by atoms with Gasteiger partial charge in [0.15, 0.2) is 11.6 Å². The Morgan fingerprint density at radius 2 is 1.48 bits per heavy atom. The first kappa shape index (κ1) is 34.3. The van der Waals surface area contributed by atoms with Crippen molar-refractivity contribution in [1.29, 1.82) is 0 Å². The molecule has 2 atom stereocenters. The number of aliphatic hydroxyl groups is 1. The largest absolute Gasteiger partial charge is 0.494 e. The summed E-state index contributed by atoms with van der Waals surface area (Å²) in [5.41, 5.74) is 8.17. The Kier molecular flexibility index (Phi) is 11.3. The molecule has 0 spiro atoms. The van der Waals surface area contributed by atoms with Crippen molar-refractivity contribution in [2.24, 2.45) is 4.99 Å². The third kappa shape index (κ3) is 8.87. The number of amides is 1. The molecule has 0 saturated carbocycles. The number of aliphatic hydroxyl groups excluding tert-OH is 1. The van der Waals surface area contributed by atoms with E-state index in [2.05, 4.69) is 10.9 Å². The van der Waals surface area contributed by atoms with Crippen LogP contribution in [0, 0.1) is 0 Å². The van der Waals surface area contributed by atoms with Gasteiger partial charge in [-0.1, -0.05) is 84.9 Å². The summed E-state index contributed by atoms with van der Waals surface area (Å²) in [4.78, 5) is 32.4.